The second-order valence-corrected chi connectivity index (χ2v) is 5.58. The molecule has 2 aliphatic rings. The van der Waals surface area contributed by atoms with E-state index in [1.165, 1.54) is 25.9 Å². The Kier molecular flexibility index (Phi) is 4.26. The van der Waals surface area contributed by atoms with Crippen LogP contribution < -0.4 is 0 Å². The van der Waals surface area contributed by atoms with E-state index in [2.05, 4.69) is 11.8 Å². The summed E-state index contributed by atoms with van der Waals surface area (Å²) in [4.78, 5) is 15.1. The molecule has 2 fully saturated rings. The SMILES string of the molecule is CC1CCN(CC[C@H]2CCCN2C(=O)O)CC1. The van der Waals surface area contributed by atoms with Gasteiger partial charge >= 0.3 is 6.09 Å². The fourth-order valence-electron chi connectivity index (χ4n) is 3.00. The molecule has 2 heterocycles. The van der Waals surface area contributed by atoms with E-state index in [1.54, 1.807) is 4.90 Å². The molecule has 0 aromatic heterocycles. The molecule has 0 saturated carbocycles. The van der Waals surface area contributed by atoms with Gasteiger partial charge in [0, 0.05) is 19.1 Å². The van der Waals surface area contributed by atoms with Crippen molar-refractivity contribution in [3.63, 3.8) is 0 Å². The van der Waals surface area contributed by atoms with Crippen LogP contribution in [-0.4, -0.2) is 53.2 Å². The molecule has 1 atom stereocenters. The van der Waals surface area contributed by atoms with Crippen molar-refractivity contribution >= 4 is 6.09 Å². The number of carboxylic acid groups (broad SMARTS) is 1. The maximum Gasteiger partial charge on any atom is 0.407 e. The Labute approximate surface area is 104 Å². The minimum Gasteiger partial charge on any atom is -0.465 e. The average Bonchev–Trinajstić information content (AvgIpc) is 2.76. The summed E-state index contributed by atoms with van der Waals surface area (Å²) >= 11 is 0. The van der Waals surface area contributed by atoms with Crippen molar-refractivity contribution in [2.75, 3.05) is 26.2 Å². The van der Waals surface area contributed by atoms with E-state index in [9.17, 15) is 4.79 Å². The van der Waals surface area contributed by atoms with Gasteiger partial charge in [-0.05, 0) is 51.1 Å². The van der Waals surface area contributed by atoms with Gasteiger partial charge in [-0.3, -0.25) is 0 Å². The first kappa shape index (κ1) is 12.7. The van der Waals surface area contributed by atoms with Crippen molar-refractivity contribution in [2.24, 2.45) is 5.92 Å². The first-order valence-electron chi connectivity index (χ1n) is 6.88. The third kappa shape index (κ3) is 3.35. The normalized spacial score (nSPS) is 27.6. The third-order valence-corrected chi connectivity index (χ3v) is 4.28. The molecule has 0 aliphatic carbocycles. The average molecular weight is 240 g/mol. The fourth-order valence-corrected chi connectivity index (χ4v) is 3.00. The minimum atomic E-state index is -0.736. The molecule has 17 heavy (non-hydrogen) atoms. The predicted molar refractivity (Wildman–Crippen MR) is 67.2 cm³/mol. The van der Waals surface area contributed by atoms with Crippen molar-refractivity contribution in [1.29, 1.82) is 0 Å². The smallest absolute Gasteiger partial charge is 0.407 e. The summed E-state index contributed by atoms with van der Waals surface area (Å²) in [6, 6.07) is 0.270. The first-order chi connectivity index (χ1) is 8.16. The Morgan fingerprint density at radius 3 is 2.59 bits per heavy atom. The highest BCUT2D eigenvalue weighted by Gasteiger charge is 2.28. The summed E-state index contributed by atoms with van der Waals surface area (Å²) < 4.78 is 0. The molecule has 0 aromatic rings. The maximum absolute atomic E-state index is 11.0. The molecule has 2 rings (SSSR count). The van der Waals surface area contributed by atoms with Gasteiger partial charge in [0.2, 0.25) is 0 Å². The van der Waals surface area contributed by atoms with Gasteiger partial charge < -0.3 is 14.9 Å². The number of hydrogen-bond acceptors (Lipinski definition) is 2. The number of rotatable bonds is 3. The highest BCUT2D eigenvalue weighted by Crippen LogP contribution is 2.22. The molecular formula is C13H24N2O2. The molecule has 0 unspecified atom stereocenters. The largest absolute Gasteiger partial charge is 0.465 e. The topological polar surface area (TPSA) is 43.8 Å². The number of likely N-dealkylation sites (tertiary alicyclic amines) is 2. The van der Waals surface area contributed by atoms with Gasteiger partial charge in [0.25, 0.3) is 0 Å². The molecule has 0 aromatic carbocycles. The molecule has 4 nitrogen and oxygen atoms in total. The first-order valence-corrected chi connectivity index (χ1v) is 6.88. The molecule has 0 spiro atoms. The molecule has 2 aliphatic heterocycles. The van der Waals surface area contributed by atoms with Crippen LogP contribution in [-0.2, 0) is 0 Å². The Balaban J connectivity index is 1.72. The zero-order valence-corrected chi connectivity index (χ0v) is 10.8. The van der Waals surface area contributed by atoms with E-state index < -0.39 is 6.09 Å². The highest BCUT2D eigenvalue weighted by molar-refractivity contribution is 5.65. The Morgan fingerprint density at radius 1 is 1.24 bits per heavy atom. The number of hydrogen-bond donors (Lipinski definition) is 1. The van der Waals surface area contributed by atoms with E-state index >= 15 is 0 Å². The van der Waals surface area contributed by atoms with E-state index in [1.807, 2.05) is 0 Å². The van der Waals surface area contributed by atoms with E-state index in [0.717, 1.165) is 38.3 Å². The van der Waals surface area contributed by atoms with E-state index in [4.69, 9.17) is 5.11 Å². The molecule has 98 valence electrons. The molecule has 1 amide bonds. The number of amides is 1. The van der Waals surface area contributed by atoms with Gasteiger partial charge in [0.05, 0.1) is 0 Å². The quantitative estimate of drug-likeness (QED) is 0.823. The van der Waals surface area contributed by atoms with Gasteiger partial charge in [0.1, 0.15) is 0 Å². The van der Waals surface area contributed by atoms with Gasteiger partial charge in [-0.2, -0.15) is 0 Å². The second-order valence-electron chi connectivity index (χ2n) is 5.58. The lowest BCUT2D eigenvalue weighted by molar-refractivity contribution is 0.129. The van der Waals surface area contributed by atoms with E-state index in [-0.39, 0.29) is 6.04 Å². The molecule has 2 saturated heterocycles. The van der Waals surface area contributed by atoms with Gasteiger partial charge in [-0.1, -0.05) is 6.92 Å². The van der Waals surface area contributed by atoms with Crippen LogP contribution in [0.1, 0.15) is 39.0 Å². The van der Waals surface area contributed by atoms with Crippen LogP contribution in [0.2, 0.25) is 0 Å². The lowest BCUT2D eigenvalue weighted by atomic mass is 9.99. The van der Waals surface area contributed by atoms with Crippen LogP contribution in [0, 0.1) is 5.92 Å². The lowest BCUT2D eigenvalue weighted by Gasteiger charge is -2.31. The van der Waals surface area contributed by atoms with Crippen molar-refractivity contribution < 1.29 is 9.90 Å². The Hall–Kier alpha value is -0.770. The maximum atomic E-state index is 11.0. The van der Waals surface area contributed by atoms with Crippen molar-refractivity contribution in [1.82, 2.24) is 9.80 Å². The van der Waals surface area contributed by atoms with Crippen molar-refractivity contribution in [3.05, 3.63) is 0 Å². The number of nitrogens with zero attached hydrogens (tertiary/aromatic N) is 2. The Morgan fingerprint density at radius 2 is 1.94 bits per heavy atom. The van der Waals surface area contributed by atoms with Crippen molar-refractivity contribution in [3.8, 4) is 0 Å². The van der Waals surface area contributed by atoms with Crippen LogP contribution in [0.3, 0.4) is 0 Å². The molecule has 4 heteroatoms. The summed E-state index contributed by atoms with van der Waals surface area (Å²) in [5.74, 6) is 0.869. The summed E-state index contributed by atoms with van der Waals surface area (Å²) in [6.07, 6.45) is 4.96. The zero-order chi connectivity index (χ0) is 12.3. The summed E-state index contributed by atoms with van der Waals surface area (Å²) in [6.45, 7) is 6.51. The predicted octanol–water partition coefficient (Wildman–Crippen LogP) is 2.25. The van der Waals surface area contributed by atoms with Crippen LogP contribution in [0.15, 0.2) is 0 Å². The van der Waals surface area contributed by atoms with Crippen LogP contribution in [0.5, 0.6) is 0 Å². The minimum absolute atomic E-state index is 0.270. The van der Waals surface area contributed by atoms with Gasteiger partial charge in [-0.15, -0.1) is 0 Å². The monoisotopic (exact) mass is 240 g/mol. The zero-order valence-electron chi connectivity index (χ0n) is 10.8. The van der Waals surface area contributed by atoms with Crippen LogP contribution >= 0.6 is 0 Å². The second kappa shape index (κ2) is 5.71. The molecule has 0 bridgehead atoms. The lowest BCUT2D eigenvalue weighted by Crippen LogP contribution is -2.39. The van der Waals surface area contributed by atoms with Crippen LogP contribution in [0.25, 0.3) is 0 Å². The van der Waals surface area contributed by atoms with Crippen molar-refractivity contribution in [2.45, 2.75) is 45.1 Å². The van der Waals surface area contributed by atoms with Gasteiger partial charge in [0.15, 0.2) is 0 Å². The molecule has 0 radical (unpaired) electrons. The molecular weight excluding hydrogens is 216 g/mol. The standard InChI is InChI=1S/C13H24N2O2/c1-11-4-8-14(9-5-11)10-6-12-3-2-7-15(12)13(16)17/h11-12H,2-10H2,1H3,(H,16,17)/t12-/m1/s1. The highest BCUT2D eigenvalue weighted by atomic mass is 16.4. The number of piperidine rings is 1. The summed E-state index contributed by atoms with van der Waals surface area (Å²) in [7, 11) is 0. The van der Waals surface area contributed by atoms with E-state index in [0.29, 0.717) is 0 Å². The third-order valence-electron chi connectivity index (χ3n) is 4.28. The van der Waals surface area contributed by atoms with Gasteiger partial charge in [-0.25, -0.2) is 4.79 Å². The Bertz CT molecular complexity index is 262. The summed E-state index contributed by atoms with van der Waals surface area (Å²) in [5.41, 5.74) is 0. The van der Waals surface area contributed by atoms with Crippen LogP contribution in [0.4, 0.5) is 4.79 Å². The fraction of sp³-hybridized carbons (Fsp3) is 0.923. The summed E-state index contributed by atoms with van der Waals surface area (Å²) in [5, 5.41) is 9.07. The molecule has 1 N–H and O–H groups in total. The number of carbonyl (C=O) groups is 1.